The fourth-order valence-corrected chi connectivity index (χ4v) is 2.31. The number of carbonyl (C=O) groups excluding carboxylic acids is 2. The van der Waals surface area contributed by atoms with Crippen molar-refractivity contribution in [3.05, 3.63) is 30.3 Å². The lowest BCUT2D eigenvalue weighted by Gasteiger charge is -2.18. The number of likely N-dealkylation sites (tertiary alicyclic amines) is 1. The largest absolute Gasteiger partial charge is 0.481 e. The van der Waals surface area contributed by atoms with Crippen LogP contribution >= 0.6 is 0 Å². The summed E-state index contributed by atoms with van der Waals surface area (Å²) in [4.78, 5) is 35.7. The molecule has 1 fully saturated rings. The lowest BCUT2D eigenvalue weighted by Crippen LogP contribution is -2.44. The molecular weight excluding hydrogens is 300 g/mol. The number of hydrogen-bond donors (Lipinski definition) is 4. The normalized spacial score (nSPS) is 16.7. The van der Waals surface area contributed by atoms with Crippen LogP contribution < -0.4 is 16.0 Å². The summed E-state index contributed by atoms with van der Waals surface area (Å²) >= 11 is 0. The van der Waals surface area contributed by atoms with Crippen molar-refractivity contribution in [2.45, 2.75) is 18.9 Å². The van der Waals surface area contributed by atoms with E-state index < -0.39 is 12.0 Å². The topological polar surface area (TPSA) is 111 Å². The Kier molecular flexibility index (Phi) is 5.79. The molecule has 0 radical (unpaired) electrons. The average molecular weight is 320 g/mol. The molecule has 23 heavy (non-hydrogen) atoms. The van der Waals surface area contributed by atoms with Gasteiger partial charge < -0.3 is 26.0 Å². The molecule has 0 spiro atoms. The zero-order valence-corrected chi connectivity index (χ0v) is 12.6. The minimum atomic E-state index is -0.963. The Bertz CT molecular complexity index is 564. The van der Waals surface area contributed by atoms with Crippen LogP contribution in [0.2, 0.25) is 0 Å². The molecule has 1 saturated heterocycles. The minimum Gasteiger partial charge on any atom is -0.481 e. The molecule has 0 bridgehead atoms. The average Bonchev–Trinajstić information content (AvgIpc) is 2.96. The second kappa shape index (κ2) is 8.02. The number of carboxylic acid groups (broad SMARTS) is 1. The van der Waals surface area contributed by atoms with E-state index in [1.54, 1.807) is 17.0 Å². The highest BCUT2D eigenvalue weighted by Gasteiger charge is 2.27. The molecule has 8 heteroatoms. The fraction of sp³-hybridized carbons (Fsp3) is 0.400. The molecule has 8 nitrogen and oxygen atoms in total. The van der Waals surface area contributed by atoms with Gasteiger partial charge in [0, 0.05) is 31.4 Å². The maximum atomic E-state index is 12.1. The number of rotatable bonds is 5. The zero-order valence-electron chi connectivity index (χ0n) is 12.6. The Morgan fingerprint density at radius 1 is 1.22 bits per heavy atom. The predicted octanol–water partition coefficient (Wildman–Crippen LogP) is 1.07. The van der Waals surface area contributed by atoms with Crippen LogP contribution in [-0.2, 0) is 4.79 Å². The van der Waals surface area contributed by atoms with Crippen LogP contribution in [0.1, 0.15) is 12.8 Å². The van der Waals surface area contributed by atoms with Crippen molar-refractivity contribution in [1.29, 1.82) is 0 Å². The second-order valence-corrected chi connectivity index (χ2v) is 5.27. The van der Waals surface area contributed by atoms with Crippen molar-refractivity contribution in [3.63, 3.8) is 0 Å². The van der Waals surface area contributed by atoms with Gasteiger partial charge >= 0.3 is 18.0 Å². The van der Waals surface area contributed by atoms with Crippen LogP contribution in [0.25, 0.3) is 0 Å². The maximum absolute atomic E-state index is 12.1. The Balaban J connectivity index is 1.72. The number of urea groups is 2. The molecule has 0 saturated carbocycles. The second-order valence-electron chi connectivity index (χ2n) is 5.27. The van der Waals surface area contributed by atoms with Gasteiger partial charge in [0.1, 0.15) is 0 Å². The van der Waals surface area contributed by atoms with Crippen LogP contribution in [0.3, 0.4) is 0 Å². The van der Waals surface area contributed by atoms with Gasteiger partial charge in [-0.05, 0) is 18.6 Å². The van der Waals surface area contributed by atoms with Gasteiger partial charge in [0.05, 0.1) is 6.42 Å². The first-order valence-electron chi connectivity index (χ1n) is 7.42. The number of amides is 4. The van der Waals surface area contributed by atoms with Crippen LogP contribution in [0.4, 0.5) is 15.3 Å². The van der Waals surface area contributed by atoms with Crippen LogP contribution in [0.15, 0.2) is 30.3 Å². The third-order valence-corrected chi connectivity index (χ3v) is 3.46. The monoisotopic (exact) mass is 320 g/mol. The SMILES string of the molecule is O=C(O)CCNC(=O)NC1CCN(C(=O)Nc2ccccc2)C1. The lowest BCUT2D eigenvalue weighted by molar-refractivity contribution is -0.136. The summed E-state index contributed by atoms with van der Waals surface area (Å²) in [6.07, 6.45) is 0.540. The molecule has 1 aliphatic rings. The standard InChI is InChI=1S/C15H20N4O4/c20-13(21)6-8-16-14(22)17-12-7-9-19(10-12)15(23)18-11-4-2-1-3-5-11/h1-5,12H,6-10H2,(H,18,23)(H,20,21)(H2,16,17,22). The number of para-hydroxylation sites is 1. The Morgan fingerprint density at radius 3 is 2.65 bits per heavy atom. The summed E-state index contributed by atoms with van der Waals surface area (Å²) in [6, 6.07) is 8.40. The van der Waals surface area contributed by atoms with Gasteiger partial charge in [-0.3, -0.25) is 4.79 Å². The summed E-state index contributed by atoms with van der Waals surface area (Å²) in [7, 11) is 0. The van der Waals surface area contributed by atoms with E-state index in [0.29, 0.717) is 19.5 Å². The van der Waals surface area contributed by atoms with Crippen LogP contribution in [0, 0.1) is 0 Å². The quantitative estimate of drug-likeness (QED) is 0.650. The third-order valence-electron chi connectivity index (χ3n) is 3.46. The predicted molar refractivity (Wildman–Crippen MR) is 84.2 cm³/mol. The highest BCUT2D eigenvalue weighted by atomic mass is 16.4. The van der Waals surface area contributed by atoms with Crippen molar-refractivity contribution in [2.24, 2.45) is 0 Å². The molecule has 1 unspecified atom stereocenters. The van der Waals surface area contributed by atoms with E-state index in [9.17, 15) is 14.4 Å². The summed E-state index contributed by atoms with van der Waals surface area (Å²) < 4.78 is 0. The molecule has 4 amide bonds. The van der Waals surface area contributed by atoms with E-state index in [1.165, 1.54) is 0 Å². The zero-order chi connectivity index (χ0) is 16.7. The highest BCUT2D eigenvalue weighted by Crippen LogP contribution is 2.12. The van der Waals surface area contributed by atoms with E-state index in [1.807, 2.05) is 18.2 Å². The van der Waals surface area contributed by atoms with Gasteiger partial charge in [0.15, 0.2) is 0 Å². The molecule has 124 valence electrons. The molecule has 1 aromatic carbocycles. The number of benzene rings is 1. The van der Waals surface area contributed by atoms with Gasteiger partial charge in [-0.2, -0.15) is 0 Å². The molecule has 1 atom stereocenters. The van der Waals surface area contributed by atoms with E-state index in [0.717, 1.165) is 5.69 Å². The van der Waals surface area contributed by atoms with Gasteiger partial charge in [-0.15, -0.1) is 0 Å². The first-order valence-corrected chi connectivity index (χ1v) is 7.42. The molecule has 1 aliphatic heterocycles. The van der Waals surface area contributed by atoms with Crippen molar-refractivity contribution in [3.8, 4) is 0 Å². The van der Waals surface area contributed by atoms with Crippen molar-refractivity contribution in [2.75, 3.05) is 25.0 Å². The van der Waals surface area contributed by atoms with Crippen LogP contribution in [0.5, 0.6) is 0 Å². The van der Waals surface area contributed by atoms with E-state index in [4.69, 9.17) is 5.11 Å². The number of aliphatic carboxylic acids is 1. The summed E-state index contributed by atoms with van der Waals surface area (Å²) in [6.45, 7) is 1.05. The first-order chi connectivity index (χ1) is 11.0. The van der Waals surface area contributed by atoms with E-state index in [-0.39, 0.29) is 25.0 Å². The highest BCUT2D eigenvalue weighted by molar-refractivity contribution is 5.89. The summed E-state index contributed by atoms with van der Waals surface area (Å²) in [5, 5.41) is 16.5. The number of carboxylic acids is 1. The summed E-state index contributed by atoms with van der Waals surface area (Å²) in [5.74, 6) is -0.963. The molecule has 0 aromatic heterocycles. The fourth-order valence-electron chi connectivity index (χ4n) is 2.31. The van der Waals surface area contributed by atoms with Gasteiger partial charge in [0.2, 0.25) is 0 Å². The number of nitrogens with one attached hydrogen (secondary N) is 3. The van der Waals surface area contributed by atoms with E-state index >= 15 is 0 Å². The summed E-state index contributed by atoms with van der Waals surface area (Å²) in [5.41, 5.74) is 0.723. The Hall–Kier alpha value is -2.77. The smallest absolute Gasteiger partial charge is 0.321 e. The lowest BCUT2D eigenvalue weighted by atomic mass is 10.3. The van der Waals surface area contributed by atoms with Gasteiger partial charge in [-0.25, -0.2) is 9.59 Å². The minimum absolute atomic E-state index is 0.0755. The number of carbonyl (C=O) groups is 3. The Morgan fingerprint density at radius 2 is 1.96 bits per heavy atom. The molecule has 1 heterocycles. The molecule has 2 rings (SSSR count). The van der Waals surface area contributed by atoms with Crippen molar-refractivity contribution >= 4 is 23.7 Å². The first kappa shape index (κ1) is 16.6. The number of hydrogen-bond acceptors (Lipinski definition) is 3. The maximum Gasteiger partial charge on any atom is 0.321 e. The van der Waals surface area contributed by atoms with Gasteiger partial charge in [0.25, 0.3) is 0 Å². The molecule has 4 N–H and O–H groups in total. The molecule has 1 aromatic rings. The Labute approximate surface area is 133 Å². The molecule has 0 aliphatic carbocycles. The van der Waals surface area contributed by atoms with E-state index in [2.05, 4.69) is 16.0 Å². The van der Waals surface area contributed by atoms with Gasteiger partial charge in [-0.1, -0.05) is 18.2 Å². The van der Waals surface area contributed by atoms with Crippen molar-refractivity contribution < 1.29 is 19.5 Å². The molecular formula is C15H20N4O4. The number of anilines is 1. The number of nitrogens with zero attached hydrogens (tertiary/aromatic N) is 1. The third kappa shape index (κ3) is 5.50. The van der Waals surface area contributed by atoms with Crippen molar-refractivity contribution in [1.82, 2.24) is 15.5 Å². The van der Waals surface area contributed by atoms with Crippen LogP contribution in [-0.4, -0.2) is 53.7 Å².